The van der Waals surface area contributed by atoms with Gasteiger partial charge < -0.3 is 0 Å². The summed E-state index contributed by atoms with van der Waals surface area (Å²) in [5, 5.41) is 10.3. The van der Waals surface area contributed by atoms with Gasteiger partial charge in [0.2, 0.25) is 0 Å². The zero-order valence-corrected chi connectivity index (χ0v) is 26.7. The Labute approximate surface area is 268 Å². The average Bonchev–Trinajstić information content (AvgIpc) is 3.42. The van der Waals surface area contributed by atoms with Gasteiger partial charge >= 0.3 is 0 Å². The molecule has 8 aromatic rings. The summed E-state index contributed by atoms with van der Waals surface area (Å²) >= 11 is 1.90. The molecule has 8 rings (SSSR count). The van der Waals surface area contributed by atoms with Gasteiger partial charge in [-0.2, -0.15) is 0 Å². The van der Waals surface area contributed by atoms with Crippen LogP contribution in [-0.2, 0) is 0 Å². The van der Waals surface area contributed by atoms with Crippen molar-refractivity contribution in [2.75, 3.05) is 0 Å². The molecule has 0 fully saturated rings. The second kappa shape index (κ2) is 11.2. The van der Waals surface area contributed by atoms with E-state index in [1.165, 1.54) is 91.8 Å². The molecule has 0 aliphatic rings. The van der Waals surface area contributed by atoms with E-state index in [9.17, 15) is 0 Å². The fraction of sp³-hybridized carbons (Fsp3) is 0.0909. The van der Waals surface area contributed by atoms with E-state index >= 15 is 0 Å². The highest BCUT2D eigenvalue weighted by atomic mass is 32.1. The van der Waals surface area contributed by atoms with E-state index in [1.54, 1.807) is 0 Å². The molecule has 0 saturated heterocycles. The molecule has 0 spiro atoms. The number of hydrogen-bond donors (Lipinski definition) is 0. The van der Waals surface area contributed by atoms with Crippen LogP contribution in [-0.4, -0.2) is 0 Å². The van der Waals surface area contributed by atoms with Gasteiger partial charge in [-0.05, 0) is 115 Å². The lowest BCUT2D eigenvalue weighted by Crippen LogP contribution is -1.97. The maximum Gasteiger partial charge on any atom is 0.0424 e. The zero-order chi connectivity index (χ0) is 30.5. The highest BCUT2D eigenvalue weighted by Gasteiger charge is 2.20. The minimum atomic E-state index is 0.990. The van der Waals surface area contributed by atoms with Gasteiger partial charge in [-0.1, -0.05) is 128 Å². The van der Waals surface area contributed by atoms with E-state index in [0.717, 1.165) is 6.42 Å². The predicted octanol–water partition coefficient (Wildman–Crippen LogP) is 13.4. The summed E-state index contributed by atoms with van der Waals surface area (Å²) in [6.45, 7) is 6.78. The van der Waals surface area contributed by atoms with Crippen LogP contribution in [0.5, 0.6) is 0 Å². The number of thiophene rings is 1. The Kier molecular flexibility index (Phi) is 6.85. The summed E-state index contributed by atoms with van der Waals surface area (Å²) in [6, 6.07) is 47.3. The monoisotopic (exact) mass is 594 g/mol. The number of fused-ring (bicyclic) bond motifs is 4. The van der Waals surface area contributed by atoms with Crippen molar-refractivity contribution in [2.45, 2.75) is 27.2 Å². The van der Waals surface area contributed by atoms with Gasteiger partial charge in [-0.25, -0.2) is 0 Å². The molecule has 1 aromatic heterocycles. The third-order valence-corrected chi connectivity index (χ3v) is 10.5. The summed E-state index contributed by atoms with van der Waals surface area (Å²) in [5.74, 6) is 0. The van der Waals surface area contributed by atoms with Crippen LogP contribution >= 0.6 is 11.3 Å². The SMILES string of the molecule is CC/C=C\c1c(C)c(-c2ccc3ccccc3c2)c2cc(-c3sc(C)c4ccccc34)ccc2c1-c1ccc2ccccc2c1. The van der Waals surface area contributed by atoms with Crippen molar-refractivity contribution in [3.63, 3.8) is 0 Å². The van der Waals surface area contributed by atoms with Gasteiger partial charge in [-0.15, -0.1) is 11.3 Å². The summed E-state index contributed by atoms with van der Waals surface area (Å²) in [6.07, 6.45) is 5.65. The Morgan fingerprint density at radius 3 is 1.76 bits per heavy atom. The third-order valence-electron chi connectivity index (χ3n) is 9.27. The molecule has 0 N–H and O–H groups in total. The fourth-order valence-corrected chi connectivity index (χ4v) is 8.19. The number of aryl methyl sites for hydroxylation is 1. The summed E-state index contributed by atoms with van der Waals surface area (Å²) in [4.78, 5) is 2.71. The Balaban J connectivity index is 1.49. The maximum atomic E-state index is 2.46. The van der Waals surface area contributed by atoms with Crippen LogP contribution in [0, 0.1) is 13.8 Å². The molecule has 0 radical (unpaired) electrons. The molecule has 216 valence electrons. The normalized spacial score (nSPS) is 11.9. The molecule has 45 heavy (non-hydrogen) atoms. The van der Waals surface area contributed by atoms with Crippen LogP contribution < -0.4 is 0 Å². The minimum absolute atomic E-state index is 0.990. The molecule has 0 aliphatic heterocycles. The number of rotatable bonds is 5. The largest absolute Gasteiger partial charge is 0.139 e. The number of benzene rings is 7. The Morgan fingerprint density at radius 1 is 0.511 bits per heavy atom. The van der Waals surface area contributed by atoms with E-state index in [0.29, 0.717) is 0 Å². The second-order valence-electron chi connectivity index (χ2n) is 12.0. The molecule has 0 atom stereocenters. The first kappa shape index (κ1) is 27.6. The van der Waals surface area contributed by atoms with Crippen LogP contribution in [0.4, 0.5) is 0 Å². The van der Waals surface area contributed by atoms with Crippen LogP contribution in [0.3, 0.4) is 0 Å². The van der Waals surface area contributed by atoms with E-state index in [1.807, 2.05) is 11.3 Å². The maximum absolute atomic E-state index is 2.46. The quantitative estimate of drug-likeness (QED) is 0.186. The predicted molar refractivity (Wildman–Crippen MR) is 199 cm³/mol. The molecule has 0 bridgehead atoms. The van der Waals surface area contributed by atoms with E-state index in [2.05, 4.69) is 160 Å². The van der Waals surface area contributed by atoms with Crippen LogP contribution in [0.2, 0.25) is 0 Å². The van der Waals surface area contributed by atoms with E-state index in [-0.39, 0.29) is 0 Å². The first-order valence-electron chi connectivity index (χ1n) is 15.8. The van der Waals surface area contributed by atoms with Crippen molar-refractivity contribution in [3.8, 4) is 32.7 Å². The summed E-state index contributed by atoms with van der Waals surface area (Å²) in [7, 11) is 0. The average molecular weight is 595 g/mol. The molecule has 0 nitrogen and oxygen atoms in total. The molecule has 1 heteroatoms. The van der Waals surface area contributed by atoms with Crippen molar-refractivity contribution in [1.82, 2.24) is 0 Å². The topological polar surface area (TPSA) is 0 Å². The third kappa shape index (κ3) is 4.67. The second-order valence-corrected chi connectivity index (χ2v) is 13.2. The van der Waals surface area contributed by atoms with Crippen LogP contribution in [0.1, 0.15) is 29.3 Å². The lowest BCUT2D eigenvalue weighted by molar-refractivity contribution is 1.23. The lowest BCUT2D eigenvalue weighted by Gasteiger charge is -2.21. The molecule has 0 aliphatic carbocycles. The summed E-state index contributed by atoms with van der Waals surface area (Å²) in [5.41, 5.74) is 9.03. The highest BCUT2D eigenvalue weighted by Crippen LogP contribution is 2.46. The van der Waals surface area contributed by atoms with Gasteiger partial charge in [0.15, 0.2) is 0 Å². The summed E-state index contributed by atoms with van der Waals surface area (Å²) < 4.78 is 0. The standard InChI is InChI=1S/C44H34S/c1-4-5-16-37-28(2)42(34-21-19-30-12-6-8-14-32(30)25-34)41-27-36(44-40-18-11-10-17-38(40)29(3)45-44)23-24-39(41)43(37)35-22-20-31-13-7-9-15-33(31)26-35/h5-27H,4H2,1-3H3/b16-5-. The van der Waals surface area contributed by atoms with Gasteiger partial charge in [0.05, 0.1) is 0 Å². The number of allylic oxidation sites excluding steroid dienone is 1. The van der Waals surface area contributed by atoms with E-state index in [4.69, 9.17) is 0 Å². The van der Waals surface area contributed by atoms with Crippen molar-refractivity contribution in [2.24, 2.45) is 0 Å². The zero-order valence-electron chi connectivity index (χ0n) is 25.9. The molecule has 1 heterocycles. The molecule has 7 aromatic carbocycles. The van der Waals surface area contributed by atoms with E-state index < -0.39 is 0 Å². The Bertz CT molecular complexity index is 2440. The van der Waals surface area contributed by atoms with Crippen molar-refractivity contribution in [3.05, 3.63) is 149 Å². The molecule has 0 saturated carbocycles. The first-order chi connectivity index (χ1) is 22.1. The minimum Gasteiger partial charge on any atom is -0.139 e. The van der Waals surface area contributed by atoms with Gasteiger partial charge in [-0.3, -0.25) is 0 Å². The Morgan fingerprint density at radius 2 is 1.09 bits per heavy atom. The van der Waals surface area contributed by atoms with Crippen molar-refractivity contribution < 1.29 is 0 Å². The van der Waals surface area contributed by atoms with Gasteiger partial charge in [0.25, 0.3) is 0 Å². The number of hydrogen-bond acceptors (Lipinski definition) is 1. The molecular formula is C44H34S. The lowest BCUT2D eigenvalue weighted by atomic mass is 9.82. The highest BCUT2D eigenvalue weighted by molar-refractivity contribution is 7.17. The molecular weight excluding hydrogens is 561 g/mol. The first-order valence-corrected chi connectivity index (χ1v) is 16.7. The van der Waals surface area contributed by atoms with Gasteiger partial charge in [0, 0.05) is 15.1 Å². The smallest absolute Gasteiger partial charge is 0.0424 e. The van der Waals surface area contributed by atoms with Gasteiger partial charge in [0.1, 0.15) is 0 Å². The fourth-order valence-electron chi connectivity index (χ4n) is 7.06. The van der Waals surface area contributed by atoms with Crippen LogP contribution in [0.25, 0.3) is 81.9 Å². The molecule has 0 unspecified atom stereocenters. The van der Waals surface area contributed by atoms with Crippen molar-refractivity contribution in [1.29, 1.82) is 0 Å². The van der Waals surface area contributed by atoms with Crippen molar-refractivity contribution >= 4 is 60.5 Å². The molecule has 0 amide bonds. The Hall–Kier alpha value is -4.98. The van der Waals surface area contributed by atoms with Crippen LogP contribution in [0.15, 0.2) is 133 Å².